The van der Waals surface area contributed by atoms with E-state index in [-0.39, 0.29) is 17.6 Å². The van der Waals surface area contributed by atoms with Crippen molar-refractivity contribution in [3.05, 3.63) is 20.8 Å². The van der Waals surface area contributed by atoms with Crippen LogP contribution in [0.4, 0.5) is 0 Å². The van der Waals surface area contributed by atoms with Crippen LogP contribution in [0.2, 0.25) is 0 Å². The molecule has 2 N–H and O–H groups in total. The number of aryl methyl sites for hydroxylation is 1. The first-order valence-corrected chi connectivity index (χ1v) is 7.02. The Balaban J connectivity index is 2.02. The van der Waals surface area contributed by atoms with Gasteiger partial charge in [-0.05, 0) is 18.9 Å². The average Bonchev–Trinajstić information content (AvgIpc) is 2.89. The van der Waals surface area contributed by atoms with Gasteiger partial charge in [0.25, 0.3) is 11.6 Å². The van der Waals surface area contributed by atoms with E-state index in [1.807, 2.05) is 0 Å². The molecule has 0 spiro atoms. The fourth-order valence-electron chi connectivity index (χ4n) is 2.62. The highest BCUT2D eigenvalue weighted by Crippen LogP contribution is 2.18. The summed E-state index contributed by atoms with van der Waals surface area (Å²) >= 11 is 0. The number of hydrogen-bond donors (Lipinski definition) is 2. The van der Waals surface area contributed by atoms with Crippen molar-refractivity contribution in [2.24, 2.45) is 20.0 Å². The summed E-state index contributed by atoms with van der Waals surface area (Å²) in [6, 6.07) is 0.281. The first kappa shape index (κ1) is 13.9. The highest BCUT2D eigenvalue weighted by atomic mass is 16.5. The molecule has 0 aromatic carbocycles. The van der Waals surface area contributed by atoms with Crippen LogP contribution < -0.4 is 21.3 Å². The van der Waals surface area contributed by atoms with Gasteiger partial charge in [-0.15, -0.1) is 0 Å². The highest BCUT2D eigenvalue weighted by molar-refractivity contribution is 5.70. The molecular weight excluding hydrogens is 274 g/mol. The average molecular weight is 293 g/mol. The molecule has 0 aliphatic carbocycles. The van der Waals surface area contributed by atoms with Crippen molar-refractivity contribution in [2.45, 2.75) is 19.4 Å². The second-order valence-corrected chi connectivity index (χ2v) is 5.57. The Bertz CT molecular complexity index is 787. The van der Waals surface area contributed by atoms with E-state index in [0.29, 0.717) is 11.6 Å². The molecule has 0 bridgehead atoms. The smallest absolute Gasteiger partial charge is 0.332 e. The Hall–Kier alpha value is -2.09. The molecule has 0 saturated carbocycles. The van der Waals surface area contributed by atoms with Crippen LogP contribution in [0, 0.1) is 5.92 Å². The van der Waals surface area contributed by atoms with Crippen LogP contribution in [-0.4, -0.2) is 38.3 Å². The number of piperidine rings is 1. The third-order valence-electron chi connectivity index (χ3n) is 4.09. The summed E-state index contributed by atoms with van der Waals surface area (Å²) in [5.41, 5.74) is -0.205. The maximum Gasteiger partial charge on any atom is 0.332 e. The zero-order valence-corrected chi connectivity index (χ0v) is 12.3. The number of nitrogens with one attached hydrogen (secondary N) is 2. The number of rotatable bonds is 2. The van der Waals surface area contributed by atoms with Crippen molar-refractivity contribution in [3.63, 3.8) is 0 Å². The summed E-state index contributed by atoms with van der Waals surface area (Å²) in [6.45, 7) is 3.86. The zero-order valence-electron chi connectivity index (χ0n) is 12.3. The van der Waals surface area contributed by atoms with Gasteiger partial charge in [-0.2, -0.15) is 4.98 Å². The van der Waals surface area contributed by atoms with E-state index in [1.165, 1.54) is 11.6 Å². The van der Waals surface area contributed by atoms with Gasteiger partial charge in [0.05, 0.1) is 0 Å². The predicted octanol–water partition coefficient (Wildman–Crippen LogP) is -0.663. The van der Waals surface area contributed by atoms with Crippen molar-refractivity contribution < 1.29 is 4.74 Å². The molecule has 3 rings (SSSR count). The molecule has 2 atom stereocenters. The molecule has 21 heavy (non-hydrogen) atoms. The van der Waals surface area contributed by atoms with Crippen LogP contribution in [-0.2, 0) is 14.1 Å². The number of ether oxygens (including phenoxy) is 1. The van der Waals surface area contributed by atoms with Gasteiger partial charge >= 0.3 is 5.69 Å². The maximum absolute atomic E-state index is 12.1. The van der Waals surface area contributed by atoms with E-state index in [0.717, 1.165) is 24.1 Å². The van der Waals surface area contributed by atoms with Crippen molar-refractivity contribution >= 4 is 11.2 Å². The second-order valence-electron chi connectivity index (χ2n) is 5.57. The number of nitrogens with zero attached hydrogens (tertiary/aromatic N) is 3. The number of aromatic nitrogens is 4. The van der Waals surface area contributed by atoms with E-state index < -0.39 is 11.2 Å². The van der Waals surface area contributed by atoms with Crippen molar-refractivity contribution in [2.75, 3.05) is 13.1 Å². The summed E-state index contributed by atoms with van der Waals surface area (Å²) in [5.74, 6) is 0.408. The van der Waals surface area contributed by atoms with Gasteiger partial charge in [0.1, 0.15) is 6.10 Å². The Kier molecular flexibility index (Phi) is 3.32. The normalized spacial score (nSPS) is 22.6. The first-order valence-electron chi connectivity index (χ1n) is 7.02. The van der Waals surface area contributed by atoms with Crippen LogP contribution >= 0.6 is 0 Å². The SMILES string of the molecule is CC1CCNCC1Oc1nc2c([nH]1)c(=O)n(C)c(=O)n2C. The molecule has 0 radical (unpaired) electrons. The van der Waals surface area contributed by atoms with Crippen LogP contribution in [0.15, 0.2) is 9.59 Å². The lowest BCUT2D eigenvalue weighted by atomic mass is 9.97. The Labute approximate surface area is 120 Å². The van der Waals surface area contributed by atoms with Gasteiger partial charge in [-0.25, -0.2) is 4.79 Å². The Morgan fingerprint density at radius 2 is 2.05 bits per heavy atom. The molecular formula is C13H19N5O3. The molecule has 3 heterocycles. The Morgan fingerprint density at radius 1 is 1.29 bits per heavy atom. The topological polar surface area (TPSA) is 93.9 Å². The Morgan fingerprint density at radius 3 is 2.76 bits per heavy atom. The van der Waals surface area contributed by atoms with Crippen LogP contribution in [0.25, 0.3) is 11.2 Å². The van der Waals surface area contributed by atoms with Crippen molar-refractivity contribution in [3.8, 4) is 6.01 Å². The van der Waals surface area contributed by atoms with Crippen LogP contribution in [0.5, 0.6) is 6.01 Å². The second kappa shape index (κ2) is 5.03. The molecule has 1 aliphatic heterocycles. The summed E-state index contributed by atoms with van der Waals surface area (Å²) in [7, 11) is 3.03. The largest absolute Gasteiger partial charge is 0.460 e. The molecule has 114 valence electrons. The minimum atomic E-state index is -0.404. The van der Waals surface area contributed by atoms with E-state index in [4.69, 9.17) is 4.74 Å². The number of hydrogen-bond acceptors (Lipinski definition) is 5. The number of imidazole rings is 1. The van der Waals surface area contributed by atoms with Gasteiger partial charge in [0.2, 0.25) is 0 Å². The van der Waals surface area contributed by atoms with Gasteiger partial charge in [0, 0.05) is 20.6 Å². The first-order chi connectivity index (χ1) is 9.99. The highest BCUT2D eigenvalue weighted by Gasteiger charge is 2.24. The van der Waals surface area contributed by atoms with E-state index in [2.05, 4.69) is 22.2 Å². The molecule has 0 amide bonds. The summed E-state index contributed by atoms with van der Waals surface area (Å²) in [6.07, 6.45) is 1.03. The monoisotopic (exact) mass is 293 g/mol. The third kappa shape index (κ3) is 2.25. The molecule has 1 aliphatic rings. The van der Waals surface area contributed by atoms with Gasteiger partial charge in [-0.1, -0.05) is 6.92 Å². The van der Waals surface area contributed by atoms with Crippen LogP contribution in [0.3, 0.4) is 0 Å². The van der Waals surface area contributed by atoms with Gasteiger partial charge in [0.15, 0.2) is 11.2 Å². The van der Waals surface area contributed by atoms with E-state index >= 15 is 0 Å². The lowest BCUT2D eigenvalue weighted by Gasteiger charge is -2.28. The van der Waals surface area contributed by atoms with Gasteiger partial charge in [-0.3, -0.25) is 13.9 Å². The predicted molar refractivity (Wildman–Crippen MR) is 77.6 cm³/mol. The van der Waals surface area contributed by atoms with Crippen molar-refractivity contribution in [1.82, 2.24) is 24.4 Å². The minimum Gasteiger partial charge on any atom is -0.460 e. The summed E-state index contributed by atoms with van der Waals surface area (Å²) in [5, 5.41) is 3.27. The van der Waals surface area contributed by atoms with E-state index in [1.54, 1.807) is 7.05 Å². The number of H-pyrrole nitrogens is 1. The molecule has 2 unspecified atom stereocenters. The molecule has 8 nitrogen and oxygen atoms in total. The fourth-order valence-corrected chi connectivity index (χ4v) is 2.62. The van der Waals surface area contributed by atoms with Crippen molar-refractivity contribution in [1.29, 1.82) is 0 Å². The number of aromatic amines is 1. The minimum absolute atomic E-state index is 0.000178. The maximum atomic E-state index is 12.1. The number of fused-ring (bicyclic) bond motifs is 1. The summed E-state index contributed by atoms with van der Waals surface area (Å²) in [4.78, 5) is 31.1. The zero-order chi connectivity index (χ0) is 15.1. The lowest BCUT2D eigenvalue weighted by molar-refractivity contribution is 0.105. The quantitative estimate of drug-likeness (QED) is 0.766. The third-order valence-corrected chi connectivity index (χ3v) is 4.09. The fraction of sp³-hybridized carbons (Fsp3) is 0.615. The van der Waals surface area contributed by atoms with E-state index in [9.17, 15) is 9.59 Å². The van der Waals surface area contributed by atoms with Crippen LogP contribution in [0.1, 0.15) is 13.3 Å². The molecule has 1 saturated heterocycles. The van der Waals surface area contributed by atoms with Gasteiger partial charge < -0.3 is 15.0 Å². The standard InChI is InChI=1S/C13H19N5O3/c1-7-4-5-14-6-8(7)21-12-15-9-10(16-12)17(2)13(20)18(3)11(9)19/h7-8,14H,4-6H2,1-3H3,(H,15,16). The summed E-state index contributed by atoms with van der Waals surface area (Å²) < 4.78 is 8.24. The molecule has 2 aromatic rings. The molecule has 8 heteroatoms. The molecule has 2 aromatic heterocycles. The molecule has 1 fully saturated rings. The lowest BCUT2D eigenvalue weighted by Crippen LogP contribution is -2.43.